The van der Waals surface area contributed by atoms with Crippen LogP contribution in [-0.4, -0.2) is 47.4 Å². The molecule has 0 aromatic rings. The number of rotatable bonds is 79. The Morgan fingerprint density at radius 3 is 0.798 bits per heavy atom. The summed E-state index contributed by atoms with van der Waals surface area (Å²) in [7, 11) is 0. The van der Waals surface area contributed by atoms with Crippen LogP contribution in [0.3, 0.4) is 0 Å². The Hall–Kier alpha value is -1.40. The first-order valence-electron chi connectivity index (χ1n) is 41.4. The number of aliphatic hydroxyl groups is 2. The number of carbonyl (C=O) groups is 2. The third kappa shape index (κ3) is 75.5. The molecule has 0 aromatic carbocycles. The summed E-state index contributed by atoms with van der Waals surface area (Å²) in [5.74, 6) is -0.00144. The van der Waals surface area contributed by atoms with Crippen molar-refractivity contribution in [3.05, 3.63) is 12.2 Å². The second kappa shape index (κ2) is 79.0. The van der Waals surface area contributed by atoms with Crippen LogP contribution in [0.25, 0.3) is 0 Å². The molecule has 0 aromatic heterocycles. The van der Waals surface area contributed by atoms with Gasteiger partial charge in [-0.05, 0) is 51.4 Å². The maximum Gasteiger partial charge on any atom is 0.305 e. The van der Waals surface area contributed by atoms with E-state index in [1.165, 1.54) is 411 Å². The van der Waals surface area contributed by atoms with Gasteiger partial charge in [-0.3, -0.25) is 9.59 Å². The number of esters is 1. The zero-order valence-electron chi connectivity index (χ0n) is 61.0. The van der Waals surface area contributed by atoms with Gasteiger partial charge in [-0.2, -0.15) is 0 Å². The third-order valence-electron chi connectivity index (χ3n) is 19.8. The van der Waals surface area contributed by atoms with Crippen LogP contribution in [0, 0.1) is 0 Å². The number of allylic oxidation sites excluding steroid dienone is 2. The Bertz CT molecular complexity index is 1350. The molecule has 0 heterocycles. The third-order valence-corrected chi connectivity index (χ3v) is 19.8. The maximum atomic E-state index is 12.6. The van der Waals surface area contributed by atoms with Crippen molar-refractivity contribution in [1.82, 2.24) is 5.32 Å². The highest BCUT2D eigenvalue weighted by molar-refractivity contribution is 5.76. The zero-order valence-corrected chi connectivity index (χ0v) is 61.0. The molecule has 0 rings (SSSR count). The van der Waals surface area contributed by atoms with Crippen LogP contribution in [0.5, 0.6) is 0 Å². The first-order valence-corrected chi connectivity index (χ1v) is 41.4. The van der Waals surface area contributed by atoms with E-state index < -0.39 is 12.1 Å². The van der Waals surface area contributed by atoms with Gasteiger partial charge in [-0.25, -0.2) is 0 Å². The normalized spacial score (nSPS) is 12.4. The van der Waals surface area contributed by atoms with E-state index in [2.05, 4.69) is 31.3 Å². The molecule has 0 bridgehead atoms. The molecule has 89 heavy (non-hydrogen) atoms. The molecule has 0 aliphatic heterocycles. The minimum atomic E-state index is -0.663. The quantitative estimate of drug-likeness (QED) is 0.0320. The SMILES string of the molecule is CCCCCCCCCCCCCCCCCCCCCCCC(O)C(CO)NC(=O)CCCCCCCCCCCCCCCCCCC/C=C\CCCCCCCCCCCCCCOC(=O)CCCCCCCCCCCCCCCCCCCC. The van der Waals surface area contributed by atoms with Crippen LogP contribution in [0.15, 0.2) is 12.2 Å². The number of ether oxygens (including phenoxy) is 1. The smallest absolute Gasteiger partial charge is 0.305 e. The van der Waals surface area contributed by atoms with Crippen LogP contribution in [0.4, 0.5) is 0 Å². The van der Waals surface area contributed by atoms with E-state index in [0.717, 1.165) is 38.5 Å². The molecular weight excluding hydrogens is 1090 g/mol. The van der Waals surface area contributed by atoms with Crippen molar-refractivity contribution in [1.29, 1.82) is 0 Å². The highest BCUT2D eigenvalue weighted by Gasteiger charge is 2.20. The Kier molecular flexibility index (Phi) is 77.8. The van der Waals surface area contributed by atoms with Crippen LogP contribution in [0.1, 0.15) is 483 Å². The predicted molar refractivity (Wildman–Crippen MR) is 394 cm³/mol. The topological polar surface area (TPSA) is 95.9 Å². The summed E-state index contributed by atoms with van der Waals surface area (Å²) in [4.78, 5) is 24.7. The summed E-state index contributed by atoms with van der Waals surface area (Å²) < 4.78 is 5.52. The van der Waals surface area contributed by atoms with E-state index in [1.807, 2.05) is 0 Å². The average molecular weight is 1260 g/mol. The van der Waals surface area contributed by atoms with E-state index in [9.17, 15) is 19.8 Å². The molecule has 0 saturated carbocycles. The Labute approximate surface area is 559 Å². The summed E-state index contributed by atoms with van der Waals surface area (Å²) in [5, 5.41) is 23.5. The molecule has 0 aliphatic rings. The van der Waals surface area contributed by atoms with Gasteiger partial charge in [0, 0.05) is 12.8 Å². The van der Waals surface area contributed by atoms with E-state index in [0.29, 0.717) is 25.9 Å². The van der Waals surface area contributed by atoms with Crippen LogP contribution in [0.2, 0.25) is 0 Å². The fourth-order valence-electron chi connectivity index (χ4n) is 13.5. The highest BCUT2D eigenvalue weighted by Crippen LogP contribution is 2.21. The minimum absolute atomic E-state index is 0.0246. The minimum Gasteiger partial charge on any atom is -0.466 e. The lowest BCUT2D eigenvalue weighted by atomic mass is 10.0. The fraction of sp³-hybridized carbons (Fsp3) is 0.952. The maximum absolute atomic E-state index is 12.6. The van der Waals surface area contributed by atoms with Gasteiger partial charge in [-0.15, -0.1) is 0 Å². The summed E-state index contributed by atoms with van der Waals surface area (Å²) in [5.41, 5.74) is 0. The molecule has 1 amide bonds. The number of nitrogens with one attached hydrogen (secondary N) is 1. The van der Waals surface area contributed by atoms with Crippen LogP contribution < -0.4 is 5.32 Å². The number of hydrogen-bond donors (Lipinski definition) is 3. The summed E-state index contributed by atoms with van der Waals surface area (Å²) in [6.45, 7) is 5.02. The van der Waals surface area contributed by atoms with Crippen LogP contribution in [-0.2, 0) is 14.3 Å². The Balaban J connectivity index is 3.33. The highest BCUT2D eigenvalue weighted by atomic mass is 16.5. The Morgan fingerprint density at radius 2 is 0.528 bits per heavy atom. The molecule has 2 unspecified atom stereocenters. The summed E-state index contributed by atoms with van der Waals surface area (Å²) in [6, 6.07) is -0.540. The fourth-order valence-corrected chi connectivity index (χ4v) is 13.5. The molecule has 0 radical (unpaired) electrons. The van der Waals surface area contributed by atoms with Gasteiger partial charge in [-0.1, -0.05) is 431 Å². The average Bonchev–Trinajstić information content (AvgIpc) is 3.67. The number of unbranched alkanes of at least 4 members (excludes halogenated alkanes) is 66. The lowest BCUT2D eigenvalue weighted by Gasteiger charge is -2.22. The van der Waals surface area contributed by atoms with Crippen molar-refractivity contribution < 1.29 is 24.5 Å². The molecule has 0 saturated heterocycles. The molecule has 6 nitrogen and oxygen atoms in total. The molecule has 0 fully saturated rings. The van der Waals surface area contributed by atoms with Crippen molar-refractivity contribution in [3.63, 3.8) is 0 Å². The predicted octanol–water partition coefficient (Wildman–Crippen LogP) is 27.4. The lowest BCUT2D eigenvalue weighted by molar-refractivity contribution is -0.143. The lowest BCUT2D eigenvalue weighted by Crippen LogP contribution is -2.45. The number of hydrogen-bond acceptors (Lipinski definition) is 5. The van der Waals surface area contributed by atoms with Crippen molar-refractivity contribution in [2.24, 2.45) is 0 Å². The van der Waals surface area contributed by atoms with Gasteiger partial charge >= 0.3 is 5.97 Å². The van der Waals surface area contributed by atoms with E-state index in [-0.39, 0.29) is 18.5 Å². The van der Waals surface area contributed by atoms with Gasteiger partial charge in [0.2, 0.25) is 5.91 Å². The first kappa shape index (κ1) is 87.6. The monoisotopic (exact) mass is 1250 g/mol. The van der Waals surface area contributed by atoms with E-state index >= 15 is 0 Å². The molecule has 3 N–H and O–H groups in total. The first-order chi connectivity index (χ1) is 44.0. The number of aliphatic hydroxyl groups excluding tert-OH is 2. The van der Waals surface area contributed by atoms with Gasteiger partial charge in [0.05, 0.1) is 25.4 Å². The molecular formula is C83H163NO5. The standard InChI is InChI=1S/C83H163NO5/c1-3-5-7-9-11-13-15-17-19-21-23-37-40-43-47-51-55-59-63-67-71-75-81(86)80(79-85)84-82(87)76-72-68-64-60-56-52-48-44-41-38-35-33-31-29-27-25-24-26-28-30-32-34-36-39-42-46-50-54-58-62-66-70-74-78-89-83(88)77-73-69-65-61-57-53-49-45-22-20-18-16-14-12-10-8-6-4-2/h28,30,80-81,85-86H,3-27,29,31-79H2,1-2H3,(H,84,87)/b30-28-. The van der Waals surface area contributed by atoms with Gasteiger partial charge in [0.1, 0.15) is 0 Å². The molecule has 6 heteroatoms. The van der Waals surface area contributed by atoms with E-state index in [4.69, 9.17) is 4.74 Å². The summed E-state index contributed by atoms with van der Waals surface area (Å²) >= 11 is 0. The molecule has 0 aliphatic carbocycles. The largest absolute Gasteiger partial charge is 0.466 e. The summed E-state index contributed by atoms with van der Waals surface area (Å²) in [6.07, 6.45) is 100. The Morgan fingerprint density at radius 1 is 0.303 bits per heavy atom. The van der Waals surface area contributed by atoms with Gasteiger partial charge in [0.25, 0.3) is 0 Å². The molecule has 530 valence electrons. The van der Waals surface area contributed by atoms with Crippen molar-refractivity contribution >= 4 is 11.9 Å². The van der Waals surface area contributed by atoms with Crippen LogP contribution >= 0.6 is 0 Å². The molecule has 0 spiro atoms. The zero-order chi connectivity index (χ0) is 64.2. The van der Waals surface area contributed by atoms with Gasteiger partial charge < -0.3 is 20.3 Å². The second-order valence-electron chi connectivity index (χ2n) is 28.8. The second-order valence-corrected chi connectivity index (χ2v) is 28.8. The van der Waals surface area contributed by atoms with Crippen molar-refractivity contribution in [2.45, 2.75) is 495 Å². The van der Waals surface area contributed by atoms with Crippen molar-refractivity contribution in [3.8, 4) is 0 Å². The molecule has 2 atom stereocenters. The van der Waals surface area contributed by atoms with E-state index in [1.54, 1.807) is 0 Å². The van der Waals surface area contributed by atoms with Crippen molar-refractivity contribution in [2.75, 3.05) is 13.2 Å². The van der Waals surface area contributed by atoms with Gasteiger partial charge in [0.15, 0.2) is 0 Å². The number of carbonyl (C=O) groups excluding carboxylic acids is 2. The number of amides is 1.